The van der Waals surface area contributed by atoms with E-state index in [-0.39, 0.29) is 18.1 Å². The van der Waals surface area contributed by atoms with Crippen molar-refractivity contribution in [2.45, 2.75) is 37.8 Å². The van der Waals surface area contributed by atoms with Crippen molar-refractivity contribution in [2.24, 2.45) is 7.05 Å². The summed E-state index contributed by atoms with van der Waals surface area (Å²) in [4.78, 5) is 11.1. The Labute approximate surface area is 166 Å². The van der Waals surface area contributed by atoms with E-state index < -0.39 is 22.1 Å². The maximum atomic E-state index is 13.2. The first-order chi connectivity index (χ1) is 13.7. The van der Waals surface area contributed by atoms with Gasteiger partial charge in [-0.2, -0.15) is 18.3 Å². The first kappa shape index (κ1) is 21.1. The van der Waals surface area contributed by atoms with E-state index in [0.29, 0.717) is 43.7 Å². The van der Waals surface area contributed by atoms with Crippen molar-refractivity contribution >= 4 is 11.5 Å². The second kappa shape index (κ2) is 8.02. The Bertz CT molecular complexity index is 889. The van der Waals surface area contributed by atoms with E-state index in [4.69, 9.17) is 4.74 Å². The van der Waals surface area contributed by atoms with Crippen LogP contribution in [0.4, 0.5) is 24.7 Å². The zero-order valence-electron chi connectivity index (χ0n) is 16.3. The summed E-state index contributed by atoms with van der Waals surface area (Å²) in [6.07, 6.45) is -3.02. The van der Waals surface area contributed by atoms with Gasteiger partial charge in [-0.15, -0.1) is 0 Å². The molecule has 1 aliphatic heterocycles. The van der Waals surface area contributed by atoms with E-state index in [1.165, 1.54) is 16.8 Å². The van der Waals surface area contributed by atoms with Crippen molar-refractivity contribution in [1.29, 1.82) is 0 Å². The molecular formula is C19H23F3N4O3. The van der Waals surface area contributed by atoms with Gasteiger partial charge in [0.05, 0.1) is 10.5 Å². The van der Waals surface area contributed by atoms with Gasteiger partial charge in [0, 0.05) is 32.2 Å². The molecule has 29 heavy (non-hydrogen) atoms. The summed E-state index contributed by atoms with van der Waals surface area (Å²) in [5, 5.41) is 18.8. The first-order valence-electron chi connectivity index (χ1n) is 9.37. The predicted molar refractivity (Wildman–Crippen MR) is 101 cm³/mol. The molecule has 3 rings (SSSR count). The van der Waals surface area contributed by atoms with Crippen LogP contribution in [0.25, 0.3) is 0 Å². The average molecular weight is 412 g/mol. The van der Waals surface area contributed by atoms with E-state index in [0.717, 1.165) is 6.07 Å². The summed E-state index contributed by atoms with van der Waals surface area (Å²) in [6.45, 7) is 2.83. The van der Waals surface area contributed by atoms with Gasteiger partial charge in [0.15, 0.2) is 0 Å². The summed E-state index contributed by atoms with van der Waals surface area (Å²) in [5.74, 6) is 0.254. The third-order valence-electron chi connectivity index (χ3n) is 5.46. The molecule has 0 saturated carbocycles. The molecule has 2 heterocycles. The Morgan fingerprint density at radius 2 is 2.03 bits per heavy atom. The highest BCUT2D eigenvalue weighted by molar-refractivity contribution is 5.60. The molecule has 0 atom stereocenters. The van der Waals surface area contributed by atoms with Crippen molar-refractivity contribution in [3.8, 4) is 0 Å². The third kappa shape index (κ3) is 4.21. The number of nitro groups is 1. The number of aromatic nitrogens is 2. The minimum atomic E-state index is -4.44. The molecule has 158 valence electrons. The summed E-state index contributed by atoms with van der Waals surface area (Å²) >= 11 is 0. The molecule has 1 fully saturated rings. The number of nitrogens with one attached hydrogen (secondary N) is 1. The summed E-state index contributed by atoms with van der Waals surface area (Å²) in [5.41, 5.74) is -0.532. The van der Waals surface area contributed by atoms with Gasteiger partial charge in [-0.25, -0.2) is 4.68 Å². The fraction of sp³-hybridized carbons (Fsp3) is 0.526. The number of hydrogen-bond acceptors (Lipinski definition) is 5. The lowest BCUT2D eigenvalue weighted by Gasteiger charge is -2.38. The minimum absolute atomic E-state index is 0.0961. The Kier molecular flexibility index (Phi) is 5.83. The number of benzene rings is 1. The smallest absolute Gasteiger partial charge is 0.381 e. The molecule has 0 amide bonds. The van der Waals surface area contributed by atoms with E-state index >= 15 is 0 Å². The number of alkyl halides is 3. The van der Waals surface area contributed by atoms with Crippen molar-refractivity contribution in [2.75, 3.05) is 25.1 Å². The number of aryl methyl sites for hydroxylation is 2. The van der Waals surface area contributed by atoms with Crippen LogP contribution in [-0.2, 0) is 29.8 Å². The lowest BCUT2D eigenvalue weighted by atomic mass is 9.73. The third-order valence-corrected chi connectivity index (χ3v) is 5.46. The highest BCUT2D eigenvalue weighted by atomic mass is 19.4. The predicted octanol–water partition coefficient (Wildman–Crippen LogP) is 4.07. The van der Waals surface area contributed by atoms with E-state index in [1.54, 1.807) is 20.0 Å². The van der Waals surface area contributed by atoms with Crippen LogP contribution < -0.4 is 5.32 Å². The van der Waals surface area contributed by atoms with Gasteiger partial charge in [0.25, 0.3) is 0 Å². The van der Waals surface area contributed by atoms with Gasteiger partial charge in [0.1, 0.15) is 5.69 Å². The van der Waals surface area contributed by atoms with Gasteiger partial charge < -0.3 is 10.1 Å². The Hall–Kier alpha value is -2.62. The second-order valence-electron chi connectivity index (χ2n) is 7.20. The monoisotopic (exact) mass is 412 g/mol. The molecule has 0 spiro atoms. The number of halogens is 3. The van der Waals surface area contributed by atoms with Gasteiger partial charge >= 0.3 is 11.9 Å². The van der Waals surface area contributed by atoms with E-state index in [9.17, 15) is 23.3 Å². The van der Waals surface area contributed by atoms with Gasteiger partial charge in [-0.05, 0) is 30.9 Å². The maximum absolute atomic E-state index is 13.2. The summed E-state index contributed by atoms with van der Waals surface area (Å²) in [7, 11) is 1.61. The number of rotatable bonds is 6. The van der Waals surface area contributed by atoms with Crippen molar-refractivity contribution in [1.82, 2.24) is 9.78 Å². The van der Waals surface area contributed by atoms with Crippen LogP contribution in [0.3, 0.4) is 0 Å². The molecular weight excluding hydrogens is 389 g/mol. The summed E-state index contributed by atoms with van der Waals surface area (Å²) in [6, 6.07) is 5.29. The fourth-order valence-electron chi connectivity index (χ4n) is 3.80. The summed E-state index contributed by atoms with van der Waals surface area (Å²) < 4.78 is 46.5. The van der Waals surface area contributed by atoms with Gasteiger partial charge in [-0.1, -0.05) is 25.1 Å². The van der Waals surface area contributed by atoms with Gasteiger partial charge in [-0.3, -0.25) is 10.1 Å². The standard InChI is InChI=1S/C19H23F3N4O3/c1-3-15-16(26(27)28)17(25(2)24-15)23-12-18(7-9-29-10-8-18)13-5-4-6-14(11-13)19(20,21)22/h4-6,11,23H,3,7-10,12H2,1-2H3. The lowest BCUT2D eigenvalue weighted by Crippen LogP contribution is -2.40. The topological polar surface area (TPSA) is 82.2 Å². The Morgan fingerprint density at radius 3 is 2.62 bits per heavy atom. The molecule has 1 aliphatic rings. The Balaban J connectivity index is 1.96. The van der Waals surface area contributed by atoms with Crippen LogP contribution in [0.15, 0.2) is 24.3 Å². The zero-order valence-corrected chi connectivity index (χ0v) is 16.3. The number of hydrogen-bond donors (Lipinski definition) is 1. The van der Waals surface area contributed by atoms with Crippen molar-refractivity contribution in [3.05, 3.63) is 51.2 Å². The van der Waals surface area contributed by atoms with Crippen LogP contribution in [-0.4, -0.2) is 34.5 Å². The molecule has 1 N–H and O–H groups in total. The van der Waals surface area contributed by atoms with E-state index in [2.05, 4.69) is 10.4 Å². The van der Waals surface area contributed by atoms with Crippen LogP contribution >= 0.6 is 0 Å². The van der Waals surface area contributed by atoms with Crippen LogP contribution in [0, 0.1) is 10.1 Å². The van der Waals surface area contributed by atoms with E-state index in [1.807, 2.05) is 0 Å². The fourth-order valence-corrected chi connectivity index (χ4v) is 3.80. The van der Waals surface area contributed by atoms with Gasteiger partial charge in [0.2, 0.25) is 5.82 Å². The molecule has 1 saturated heterocycles. The number of ether oxygens (including phenoxy) is 1. The lowest BCUT2D eigenvalue weighted by molar-refractivity contribution is -0.384. The molecule has 0 bridgehead atoms. The molecule has 0 radical (unpaired) electrons. The first-order valence-corrected chi connectivity index (χ1v) is 9.37. The minimum Gasteiger partial charge on any atom is -0.381 e. The molecule has 0 aliphatic carbocycles. The molecule has 1 aromatic carbocycles. The molecule has 7 nitrogen and oxygen atoms in total. The quantitative estimate of drug-likeness (QED) is 0.571. The molecule has 10 heteroatoms. The number of anilines is 1. The zero-order chi connectivity index (χ0) is 21.2. The average Bonchev–Trinajstić information content (AvgIpc) is 3.02. The van der Waals surface area contributed by atoms with Crippen LogP contribution in [0.5, 0.6) is 0 Å². The second-order valence-corrected chi connectivity index (χ2v) is 7.20. The largest absolute Gasteiger partial charge is 0.416 e. The SMILES string of the molecule is CCc1nn(C)c(NCC2(c3cccc(C(F)(F)F)c3)CCOCC2)c1[N+](=O)[O-]. The molecule has 2 aromatic rings. The maximum Gasteiger partial charge on any atom is 0.416 e. The normalized spacial score (nSPS) is 16.6. The van der Waals surface area contributed by atoms with Crippen molar-refractivity contribution < 1.29 is 22.8 Å². The Morgan fingerprint density at radius 1 is 1.34 bits per heavy atom. The van der Waals surface area contributed by atoms with Crippen molar-refractivity contribution in [3.63, 3.8) is 0 Å². The highest BCUT2D eigenvalue weighted by Crippen LogP contribution is 2.39. The van der Waals surface area contributed by atoms with Crippen LogP contribution in [0.2, 0.25) is 0 Å². The number of nitrogens with zero attached hydrogens (tertiary/aromatic N) is 3. The molecule has 0 unspecified atom stereocenters. The molecule has 1 aromatic heterocycles. The van der Waals surface area contributed by atoms with Crippen LogP contribution in [0.1, 0.15) is 36.6 Å². The highest BCUT2D eigenvalue weighted by Gasteiger charge is 2.38.